The van der Waals surface area contributed by atoms with Crippen LogP contribution < -0.4 is 9.64 Å². The maximum absolute atomic E-state index is 5.80. The van der Waals surface area contributed by atoms with Crippen LogP contribution in [0.5, 0.6) is 5.88 Å². The highest BCUT2D eigenvalue weighted by atomic mass is 35.5. The Bertz CT molecular complexity index is 391. The zero-order valence-corrected chi connectivity index (χ0v) is 12.1. The number of ether oxygens (including phenoxy) is 1. The van der Waals surface area contributed by atoms with Crippen LogP contribution in [-0.2, 0) is 0 Å². The van der Waals surface area contributed by atoms with Gasteiger partial charge in [-0.3, -0.25) is 4.98 Å². The van der Waals surface area contributed by atoms with Crippen molar-refractivity contribution in [2.75, 3.05) is 50.1 Å². The third kappa shape index (κ3) is 4.21. The molecule has 106 valence electrons. The van der Waals surface area contributed by atoms with Crippen molar-refractivity contribution in [2.24, 2.45) is 0 Å². The fraction of sp³-hybridized carbons (Fsp3) is 0.692. The summed E-state index contributed by atoms with van der Waals surface area (Å²) in [6, 6.07) is 0. The molecule has 0 radical (unpaired) electrons. The molecule has 0 saturated carbocycles. The van der Waals surface area contributed by atoms with E-state index in [1.54, 1.807) is 12.4 Å². The van der Waals surface area contributed by atoms with E-state index >= 15 is 0 Å². The Kier molecular flexibility index (Phi) is 5.66. The van der Waals surface area contributed by atoms with Gasteiger partial charge >= 0.3 is 0 Å². The van der Waals surface area contributed by atoms with Gasteiger partial charge in [0.05, 0.1) is 19.0 Å². The Morgan fingerprint density at radius 2 is 2.16 bits per heavy atom. The number of nitrogens with zero attached hydrogens (tertiary/aromatic N) is 4. The molecule has 1 saturated heterocycles. The normalized spacial score (nSPS) is 17.3. The van der Waals surface area contributed by atoms with Crippen LogP contribution in [0.4, 0.5) is 5.82 Å². The minimum atomic E-state index is 0.599. The predicted molar refractivity (Wildman–Crippen MR) is 77.2 cm³/mol. The standard InChI is InChI=1S/C13H21ClN4O/c1-2-19-13-11-15-10-12(16-13)18-6-3-5-17(7-4-14)8-9-18/h10-11H,2-9H2,1H3. The Balaban J connectivity index is 1.99. The number of aromatic nitrogens is 2. The molecule has 6 heteroatoms. The predicted octanol–water partition coefficient (Wildman–Crippen LogP) is 1.63. The smallest absolute Gasteiger partial charge is 0.234 e. The minimum Gasteiger partial charge on any atom is -0.477 e. The van der Waals surface area contributed by atoms with Crippen molar-refractivity contribution >= 4 is 17.4 Å². The van der Waals surface area contributed by atoms with Gasteiger partial charge in [0.2, 0.25) is 5.88 Å². The molecule has 2 rings (SSSR count). The summed E-state index contributed by atoms with van der Waals surface area (Å²) in [6.45, 7) is 7.60. The average molecular weight is 285 g/mol. The summed E-state index contributed by atoms with van der Waals surface area (Å²) in [5, 5.41) is 0. The quantitative estimate of drug-likeness (QED) is 0.769. The lowest BCUT2D eigenvalue weighted by molar-refractivity contribution is 0.311. The summed E-state index contributed by atoms with van der Waals surface area (Å²) in [7, 11) is 0. The lowest BCUT2D eigenvalue weighted by Crippen LogP contribution is -2.32. The van der Waals surface area contributed by atoms with E-state index in [4.69, 9.17) is 16.3 Å². The van der Waals surface area contributed by atoms with Gasteiger partial charge in [-0.2, -0.15) is 4.98 Å². The molecular weight excluding hydrogens is 264 g/mol. The van der Waals surface area contributed by atoms with E-state index < -0.39 is 0 Å². The second kappa shape index (κ2) is 7.50. The van der Waals surface area contributed by atoms with Gasteiger partial charge in [0, 0.05) is 32.1 Å². The molecule has 5 nitrogen and oxygen atoms in total. The molecule has 19 heavy (non-hydrogen) atoms. The first-order valence-electron chi connectivity index (χ1n) is 6.81. The number of alkyl halides is 1. The molecule has 0 atom stereocenters. The van der Waals surface area contributed by atoms with Gasteiger partial charge in [-0.25, -0.2) is 0 Å². The largest absolute Gasteiger partial charge is 0.477 e. The first kappa shape index (κ1) is 14.3. The molecule has 0 bridgehead atoms. The van der Waals surface area contributed by atoms with E-state index in [0.717, 1.165) is 45.0 Å². The number of hydrogen-bond acceptors (Lipinski definition) is 5. The van der Waals surface area contributed by atoms with Gasteiger partial charge in [0.25, 0.3) is 0 Å². The Morgan fingerprint density at radius 3 is 2.95 bits per heavy atom. The van der Waals surface area contributed by atoms with E-state index in [0.29, 0.717) is 18.4 Å². The van der Waals surface area contributed by atoms with Crippen LogP contribution >= 0.6 is 11.6 Å². The first-order chi connectivity index (χ1) is 9.33. The van der Waals surface area contributed by atoms with Crippen LogP contribution in [0, 0.1) is 0 Å². The summed E-state index contributed by atoms with van der Waals surface area (Å²) < 4.78 is 5.40. The van der Waals surface area contributed by atoms with E-state index in [1.807, 2.05) is 6.92 Å². The van der Waals surface area contributed by atoms with Gasteiger partial charge in [0.1, 0.15) is 0 Å². The number of anilines is 1. The van der Waals surface area contributed by atoms with Gasteiger partial charge in [-0.05, 0) is 19.9 Å². The summed E-state index contributed by atoms with van der Waals surface area (Å²) in [5.74, 6) is 2.19. The molecule has 0 aliphatic carbocycles. The highest BCUT2D eigenvalue weighted by molar-refractivity contribution is 6.18. The molecule has 1 aromatic heterocycles. The van der Waals surface area contributed by atoms with Crippen molar-refractivity contribution in [3.63, 3.8) is 0 Å². The number of hydrogen-bond donors (Lipinski definition) is 0. The van der Waals surface area contributed by atoms with E-state index in [9.17, 15) is 0 Å². The van der Waals surface area contributed by atoms with Crippen molar-refractivity contribution in [3.05, 3.63) is 12.4 Å². The zero-order valence-electron chi connectivity index (χ0n) is 11.4. The summed E-state index contributed by atoms with van der Waals surface area (Å²) in [6.07, 6.45) is 4.59. The van der Waals surface area contributed by atoms with Crippen molar-refractivity contribution in [2.45, 2.75) is 13.3 Å². The minimum absolute atomic E-state index is 0.599. The Hall–Kier alpha value is -1.07. The van der Waals surface area contributed by atoms with Crippen LogP contribution in [0.15, 0.2) is 12.4 Å². The van der Waals surface area contributed by atoms with Crippen LogP contribution in [0.3, 0.4) is 0 Å². The molecule has 0 aromatic carbocycles. The first-order valence-corrected chi connectivity index (χ1v) is 7.35. The Morgan fingerprint density at radius 1 is 1.26 bits per heavy atom. The molecular formula is C13H21ClN4O. The van der Waals surface area contributed by atoms with Gasteiger partial charge in [-0.1, -0.05) is 0 Å². The van der Waals surface area contributed by atoms with E-state index in [2.05, 4.69) is 19.8 Å². The van der Waals surface area contributed by atoms with E-state index in [-0.39, 0.29) is 0 Å². The molecule has 0 amide bonds. The third-order valence-corrected chi connectivity index (χ3v) is 3.37. The fourth-order valence-corrected chi connectivity index (χ4v) is 2.49. The SMILES string of the molecule is CCOc1cncc(N2CCCN(CCCl)CC2)n1. The topological polar surface area (TPSA) is 41.5 Å². The van der Waals surface area contributed by atoms with Crippen molar-refractivity contribution in [1.82, 2.24) is 14.9 Å². The molecule has 0 unspecified atom stereocenters. The number of rotatable bonds is 5. The van der Waals surface area contributed by atoms with Crippen LogP contribution in [0.2, 0.25) is 0 Å². The highest BCUT2D eigenvalue weighted by Crippen LogP contribution is 2.16. The second-order valence-corrected chi connectivity index (χ2v) is 4.90. The van der Waals surface area contributed by atoms with Crippen molar-refractivity contribution < 1.29 is 4.74 Å². The maximum Gasteiger partial charge on any atom is 0.234 e. The van der Waals surface area contributed by atoms with Crippen LogP contribution in [0.25, 0.3) is 0 Å². The molecule has 0 N–H and O–H groups in total. The van der Waals surface area contributed by atoms with E-state index in [1.165, 1.54) is 0 Å². The lowest BCUT2D eigenvalue weighted by atomic mass is 10.4. The molecule has 1 aliphatic heterocycles. The Labute approximate surface area is 119 Å². The van der Waals surface area contributed by atoms with Gasteiger partial charge in [0.15, 0.2) is 5.82 Å². The lowest BCUT2D eigenvalue weighted by Gasteiger charge is -2.22. The maximum atomic E-state index is 5.80. The summed E-state index contributed by atoms with van der Waals surface area (Å²) in [4.78, 5) is 13.4. The molecule has 1 fully saturated rings. The van der Waals surface area contributed by atoms with Gasteiger partial charge < -0.3 is 14.5 Å². The summed E-state index contributed by atoms with van der Waals surface area (Å²) >= 11 is 5.80. The molecule has 1 aromatic rings. The molecule has 0 spiro atoms. The summed E-state index contributed by atoms with van der Waals surface area (Å²) in [5.41, 5.74) is 0. The zero-order chi connectivity index (χ0) is 13.5. The molecule has 1 aliphatic rings. The van der Waals surface area contributed by atoms with Crippen molar-refractivity contribution in [3.8, 4) is 5.88 Å². The van der Waals surface area contributed by atoms with Crippen LogP contribution in [0.1, 0.15) is 13.3 Å². The van der Waals surface area contributed by atoms with Crippen LogP contribution in [-0.4, -0.2) is 60.1 Å². The average Bonchev–Trinajstić information content (AvgIpc) is 2.66. The van der Waals surface area contributed by atoms with Gasteiger partial charge in [-0.15, -0.1) is 11.6 Å². The third-order valence-electron chi connectivity index (χ3n) is 3.21. The highest BCUT2D eigenvalue weighted by Gasteiger charge is 2.16. The number of halogens is 1. The second-order valence-electron chi connectivity index (χ2n) is 4.52. The van der Waals surface area contributed by atoms with Crippen molar-refractivity contribution in [1.29, 1.82) is 0 Å². The monoisotopic (exact) mass is 284 g/mol. The molecule has 2 heterocycles. The fourth-order valence-electron chi connectivity index (χ4n) is 2.25.